The summed E-state index contributed by atoms with van der Waals surface area (Å²) in [6, 6.07) is 3.14. The van der Waals surface area contributed by atoms with Crippen molar-refractivity contribution in [3.63, 3.8) is 0 Å². The number of benzene rings is 1. The summed E-state index contributed by atoms with van der Waals surface area (Å²) < 4.78 is 38.8. The number of hydrogen-bond acceptors (Lipinski definition) is 3. The molecule has 0 amide bonds. The summed E-state index contributed by atoms with van der Waals surface area (Å²) in [6.07, 6.45) is -4.88. The van der Waals surface area contributed by atoms with Gasteiger partial charge in [0.2, 0.25) is 0 Å². The molecule has 0 heterocycles. The molecule has 0 aromatic heterocycles. The molecule has 15 heavy (non-hydrogen) atoms. The molecule has 0 aliphatic heterocycles. The van der Waals surface area contributed by atoms with Gasteiger partial charge >= 0.3 is 6.36 Å². The van der Waals surface area contributed by atoms with Crippen molar-refractivity contribution >= 4 is 21.6 Å². The van der Waals surface area contributed by atoms with E-state index in [-0.39, 0.29) is 4.47 Å². The van der Waals surface area contributed by atoms with Gasteiger partial charge in [0.05, 0.1) is 4.92 Å². The van der Waals surface area contributed by atoms with E-state index in [1.54, 1.807) is 0 Å². The highest BCUT2D eigenvalue weighted by atomic mass is 79.9. The molecule has 0 saturated heterocycles. The summed E-state index contributed by atoms with van der Waals surface area (Å²) >= 11 is 2.67. The fraction of sp³-hybridized carbons (Fsp3) is 0.143. The highest BCUT2D eigenvalue weighted by molar-refractivity contribution is 9.10. The van der Waals surface area contributed by atoms with Gasteiger partial charge in [-0.3, -0.25) is 10.1 Å². The van der Waals surface area contributed by atoms with Crippen LogP contribution >= 0.6 is 15.9 Å². The van der Waals surface area contributed by atoms with Crippen LogP contribution < -0.4 is 4.74 Å². The van der Waals surface area contributed by atoms with Crippen LogP contribution in [-0.4, -0.2) is 11.3 Å². The number of hydrogen-bond donors (Lipinski definition) is 0. The van der Waals surface area contributed by atoms with E-state index in [9.17, 15) is 23.3 Å². The standard InChI is InChI=1S/C7H3BrF3NO3/c8-6-4(12(13)14)2-1-3-5(6)15-7(9,10)11/h1-3H. The molecule has 0 fully saturated rings. The van der Waals surface area contributed by atoms with Gasteiger partial charge in [-0.05, 0) is 22.0 Å². The Bertz CT molecular complexity index is 394. The van der Waals surface area contributed by atoms with Crippen LogP contribution in [0.15, 0.2) is 22.7 Å². The van der Waals surface area contributed by atoms with Crippen molar-refractivity contribution in [3.8, 4) is 5.75 Å². The largest absolute Gasteiger partial charge is 0.573 e. The maximum atomic E-state index is 11.8. The number of nitrogens with zero attached hydrogens (tertiary/aromatic N) is 1. The molecule has 82 valence electrons. The molecule has 8 heteroatoms. The van der Waals surface area contributed by atoms with E-state index >= 15 is 0 Å². The average Bonchev–Trinajstić information content (AvgIpc) is 2.05. The minimum Gasteiger partial charge on any atom is -0.404 e. The minimum atomic E-state index is -4.88. The molecule has 0 unspecified atom stereocenters. The third kappa shape index (κ3) is 3.08. The van der Waals surface area contributed by atoms with Crippen molar-refractivity contribution < 1.29 is 22.8 Å². The number of halogens is 4. The molecule has 0 radical (unpaired) electrons. The van der Waals surface area contributed by atoms with E-state index in [0.717, 1.165) is 18.2 Å². The van der Waals surface area contributed by atoms with Crippen molar-refractivity contribution in [3.05, 3.63) is 32.8 Å². The van der Waals surface area contributed by atoms with Crippen LogP contribution in [0, 0.1) is 10.1 Å². The van der Waals surface area contributed by atoms with Crippen LogP contribution in [0.2, 0.25) is 0 Å². The van der Waals surface area contributed by atoms with Gasteiger partial charge in [0.15, 0.2) is 5.75 Å². The molecule has 0 saturated carbocycles. The SMILES string of the molecule is O=[N+]([O-])c1cccc(OC(F)(F)F)c1Br. The number of nitro benzene ring substituents is 1. The van der Waals surface area contributed by atoms with Crippen LogP contribution in [0.1, 0.15) is 0 Å². The summed E-state index contributed by atoms with van der Waals surface area (Å²) in [5, 5.41) is 10.4. The first kappa shape index (κ1) is 11.8. The highest BCUT2D eigenvalue weighted by Gasteiger charge is 2.33. The quantitative estimate of drug-likeness (QED) is 0.619. The van der Waals surface area contributed by atoms with Crippen molar-refractivity contribution in [1.29, 1.82) is 0 Å². The fourth-order valence-corrected chi connectivity index (χ4v) is 1.33. The second-order valence-corrected chi connectivity index (χ2v) is 3.19. The predicted octanol–water partition coefficient (Wildman–Crippen LogP) is 3.26. The van der Waals surface area contributed by atoms with Gasteiger partial charge in [-0.2, -0.15) is 0 Å². The number of nitro groups is 1. The zero-order valence-corrected chi connectivity index (χ0v) is 8.50. The fourth-order valence-electron chi connectivity index (χ4n) is 0.844. The molecule has 1 rings (SSSR count). The molecule has 0 aliphatic rings. The maximum absolute atomic E-state index is 11.8. The Morgan fingerprint density at radius 1 is 1.40 bits per heavy atom. The first-order valence-electron chi connectivity index (χ1n) is 3.50. The number of rotatable bonds is 2. The third-order valence-electron chi connectivity index (χ3n) is 1.37. The van der Waals surface area contributed by atoms with E-state index in [2.05, 4.69) is 20.7 Å². The van der Waals surface area contributed by atoms with Gasteiger partial charge in [0.1, 0.15) is 4.47 Å². The predicted molar refractivity (Wildman–Crippen MR) is 47.5 cm³/mol. The van der Waals surface area contributed by atoms with Crippen molar-refractivity contribution in [2.24, 2.45) is 0 Å². The van der Waals surface area contributed by atoms with E-state index < -0.39 is 22.7 Å². The van der Waals surface area contributed by atoms with Gasteiger partial charge < -0.3 is 4.74 Å². The molecule has 4 nitrogen and oxygen atoms in total. The van der Waals surface area contributed by atoms with Gasteiger partial charge in [-0.25, -0.2) is 0 Å². The Morgan fingerprint density at radius 2 is 2.00 bits per heavy atom. The summed E-state index contributed by atoms with van der Waals surface area (Å²) in [4.78, 5) is 9.57. The summed E-state index contributed by atoms with van der Waals surface area (Å²) in [7, 11) is 0. The lowest BCUT2D eigenvalue weighted by Gasteiger charge is -2.09. The Morgan fingerprint density at radius 3 is 2.47 bits per heavy atom. The first-order valence-corrected chi connectivity index (χ1v) is 4.29. The third-order valence-corrected chi connectivity index (χ3v) is 2.16. The molecular formula is C7H3BrF3NO3. The summed E-state index contributed by atoms with van der Waals surface area (Å²) in [5.41, 5.74) is -0.489. The normalized spacial score (nSPS) is 11.2. The van der Waals surface area contributed by atoms with E-state index in [1.807, 2.05) is 0 Å². The lowest BCUT2D eigenvalue weighted by Crippen LogP contribution is -2.17. The van der Waals surface area contributed by atoms with Crippen LogP contribution in [-0.2, 0) is 0 Å². The van der Waals surface area contributed by atoms with Crippen molar-refractivity contribution in [2.45, 2.75) is 6.36 Å². The van der Waals surface area contributed by atoms with Gasteiger partial charge in [-0.1, -0.05) is 6.07 Å². The van der Waals surface area contributed by atoms with Gasteiger partial charge in [0.25, 0.3) is 5.69 Å². The van der Waals surface area contributed by atoms with Gasteiger partial charge in [-0.15, -0.1) is 13.2 Å². The zero-order valence-electron chi connectivity index (χ0n) is 6.92. The molecule has 0 spiro atoms. The Balaban J connectivity index is 3.10. The monoisotopic (exact) mass is 285 g/mol. The minimum absolute atomic E-state index is 0.340. The molecular weight excluding hydrogens is 283 g/mol. The molecule has 0 bridgehead atoms. The second-order valence-electron chi connectivity index (χ2n) is 2.39. The van der Waals surface area contributed by atoms with Crippen LogP contribution in [0.5, 0.6) is 5.75 Å². The van der Waals surface area contributed by atoms with E-state index in [0.29, 0.717) is 0 Å². The van der Waals surface area contributed by atoms with Gasteiger partial charge in [0, 0.05) is 6.07 Å². The Kier molecular flexibility index (Phi) is 3.18. The zero-order chi connectivity index (χ0) is 11.6. The molecule has 0 N–H and O–H groups in total. The number of ether oxygens (including phenoxy) is 1. The number of alkyl halides is 3. The van der Waals surface area contributed by atoms with Crippen LogP contribution in [0.4, 0.5) is 18.9 Å². The Hall–Kier alpha value is -1.31. The lowest BCUT2D eigenvalue weighted by atomic mass is 10.3. The molecule has 1 aromatic carbocycles. The Labute approximate surface area is 89.9 Å². The second kappa shape index (κ2) is 4.05. The molecule has 1 aromatic rings. The van der Waals surface area contributed by atoms with Crippen LogP contribution in [0.25, 0.3) is 0 Å². The lowest BCUT2D eigenvalue weighted by molar-refractivity contribution is -0.385. The molecule has 0 atom stereocenters. The summed E-state index contributed by atoms with van der Waals surface area (Å²) in [5.74, 6) is -0.642. The smallest absolute Gasteiger partial charge is 0.404 e. The molecule has 0 aliphatic carbocycles. The first-order chi connectivity index (χ1) is 6.81. The summed E-state index contributed by atoms with van der Waals surface area (Å²) in [6.45, 7) is 0. The van der Waals surface area contributed by atoms with Crippen LogP contribution in [0.3, 0.4) is 0 Å². The van der Waals surface area contributed by atoms with E-state index in [1.165, 1.54) is 0 Å². The van der Waals surface area contributed by atoms with Crippen molar-refractivity contribution in [1.82, 2.24) is 0 Å². The van der Waals surface area contributed by atoms with Crippen molar-refractivity contribution in [2.75, 3.05) is 0 Å². The topological polar surface area (TPSA) is 52.4 Å². The maximum Gasteiger partial charge on any atom is 0.573 e. The average molecular weight is 286 g/mol. The highest BCUT2D eigenvalue weighted by Crippen LogP contribution is 2.36. The van der Waals surface area contributed by atoms with E-state index in [4.69, 9.17) is 0 Å².